The van der Waals surface area contributed by atoms with Gasteiger partial charge >= 0.3 is 0 Å². The Labute approximate surface area is 119 Å². The summed E-state index contributed by atoms with van der Waals surface area (Å²) in [7, 11) is 0. The Hall–Kier alpha value is -1.32. The number of hydrogen-bond donors (Lipinski definition) is 1. The van der Waals surface area contributed by atoms with Crippen molar-refractivity contribution in [3.8, 4) is 0 Å². The number of nitrogens with two attached hydrogens (primary N) is 1. The molecule has 2 aromatic rings. The van der Waals surface area contributed by atoms with E-state index in [0.29, 0.717) is 21.8 Å². The van der Waals surface area contributed by atoms with Crippen molar-refractivity contribution in [2.24, 2.45) is 0 Å². The summed E-state index contributed by atoms with van der Waals surface area (Å²) in [5.74, 6) is -0.0677. The maximum absolute atomic E-state index is 12.4. The smallest absolute Gasteiger partial charge is 0.194 e. The van der Waals surface area contributed by atoms with Gasteiger partial charge in [0.25, 0.3) is 0 Å². The van der Waals surface area contributed by atoms with Crippen LogP contribution in [0.25, 0.3) is 0 Å². The second-order valence-corrected chi connectivity index (χ2v) is 5.32. The Kier molecular flexibility index (Phi) is 3.73. The molecule has 0 bridgehead atoms. The minimum Gasteiger partial charge on any atom is -0.399 e. The van der Waals surface area contributed by atoms with Gasteiger partial charge in [0.15, 0.2) is 5.78 Å². The topological polar surface area (TPSA) is 43.1 Å². The summed E-state index contributed by atoms with van der Waals surface area (Å²) in [6.45, 7) is 1.86. The van der Waals surface area contributed by atoms with E-state index in [1.54, 1.807) is 36.4 Å². The maximum Gasteiger partial charge on any atom is 0.194 e. The third kappa shape index (κ3) is 2.57. The summed E-state index contributed by atoms with van der Waals surface area (Å²) in [5.41, 5.74) is 8.36. The van der Waals surface area contributed by atoms with Gasteiger partial charge in [-0.25, -0.2) is 0 Å². The maximum atomic E-state index is 12.4. The van der Waals surface area contributed by atoms with E-state index >= 15 is 0 Å². The van der Waals surface area contributed by atoms with E-state index in [1.165, 1.54) is 0 Å². The number of benzene rings is 2. The number of anilines is 1. The van der Waals surface area contributed by atoms with Gasteiger partial charge in [0.1, 0.15) is 0 Å². The van der Waals surface area contributed by atoms with Crippen LogP contribution in [0.5, 0.6) is 0 Å². The molecule has 92 valence electrons. The van der Waals surface area contributed by atoms with Gasteiger partial charge in [-0.3, -0.25) is 4.79 Å². The van der Waals surface area contributed by atoms with Crippen LogP contribution in [0.2, 0.25) is 5.02 Å². The zero-order valence-electron chi connectivity index (χ0n) is 9.71. The lowest BCUT2D eigenvalue weighted by molar-refractivity contribution is 0.103. The lowest BCUT2D eigenvalue weighted by Crippen LogP contribution is -2.05. The standard InChI is InChI=1S/C14H11BrClNO/c1-8-6-10(17)3-4-11(8)14(18)12-7-9(16)2-5-13(12)15/h2-7H,17H2,1H3. The first kappa shape index (κ1) is 13.1. The van der Waals surface area contributed by atoms with E-state index in [-0.39, 0.29) is 5.78 Å². The molecule has 0 aliphatic carbocycles. The summed E-state index contributed by atoms with van der Waals surface area (Å²) in [5, 5.41) is 0.537. The molecule has 0 radical (unpaired) electrons. The molecule has 0 amide bonds. The van der Waals surface area contributed by atoms with E-state index in [1.807, 2.05) is 6.92 Å². The number of hydrogen-bond acceptors (Lipinski definition) is 2. The fraction of sp³-hybridized carbons (Fsp3) is 0.0714. The van der Waals surface area contributed by atoms with Crippen molar-refractivity contribution in [1.29, 1.82) is 0 Å². The summed E-state index contributed by atoms with van der Waals surface area (Å²) in [6, 6.07) is 10.4. The molecule has 0 aliphatic heterocycles. The summed E-state index contributed by atoms with van der Waals surface area (Å²) < 4.78 is 0.730. The number of rotatable bonds is 2. The molecule has 0 unspecified atom stereocenters. The first-order valence-electron chi connectivity index (χ1n) is 5.35. The summed E-state index contributed by atoms with van der Waals surface area (Å²) in [4.78, 5) is 12.4. The van der Waals surface area contributed by atoms with E-state index in [4.69, 9.17) is 17.3 Å². The lowest BCUT2D eigenvalue weighted by atomic mass is 9.99. The fourth-order valence-electron chi connectivity index (χ4n) is 1.76. The zero-order chi connectivity index (χ0) is 13.3. The first-order chi connectivity index (χ1) is 8.49. The predicted octanol–water partition coefficient (Wildman–Crippen LogP) is 4.22. The molecule has 0 saturated carbocycles. The summed E-state index contributed by atoms with van der Waals surface area (Å²) >= 11 is 9.28. The molecule has 2 N–H and O–H groups in total. The highest BCUT2D eigenvalue weighted by Crippen LogP contribution is 2.25. The van der Waals surface area contributed by atoms with Gasteiger partial charge in [0.05, 0.1) is 0 Å². The van der Waals surface area contributed by atoms with E-state index < -0.39 is 0 Å². The van der Waals surface area contributed by atoms with Crippen LogP contribution in [-0.2, 0) is 0 Å². The number of aryl methyl sites for hydroxylation is 1. The molecule has 4 heteroatoms. The van der Waals surface area contributed by atoms with Crippen molar-refractivity contribution >= 4 is 39.0 Å². The number of nitrogen functional groups attached to an aromatic ring is 1. The molecule has 0 atom stereocenters. The van der Waals surface area contributed by atoms with Crippen LogP contribution in [0.3, 0.4) is 0 Å². The van der Waals surface area contributed by atoms with Crippen molar-refractivity contribution in [3.63, 3.8) is 0 Å². The SMILES string of the molecule is Cc1cc(N)ccc1C(=O)c1cc(Cl)ccc1Br. The van der Waals surface area contributed by atoms with Crippen molar-refractivity contribution in [2.45, 2.75) is 6.92 Å². The second-order valence-electron chi connectivity index (χ2n) is 4.03. The number of carbonyl (C=O) groups is 1. The Morgan fingerprint density at radius 2 is 1.89 bits per heavy atom. The Bertz CT molecular complexity index is 625. The van der Waals surface area contributed by atoms with Crippen LogP contribution < -0.4 is 5.73 Å². The molecular weight excluding hydrogens is 314 g/mol. The van der Waals surface area contributed by atoms with Crippen LogP contribution in [-0.4, -0.2) is 5.78 Å². The quantitative estimate of drug-likeness (QED) is 0.664. The monoisotopic (exact) mass is 323 g/mol. The van der Waals surface area contributed by atoms with Crippen molar-refractivity contribution < 1.29 is 4.79 Å². The summed E-state index contributed by atoms with van der Waals surface area (Å²) in [6.07, 6.45) is 0. The van der Waals surface area contributed by atoms with Gasteiger partial charge in [-0.2, -0.15) is 0 Å². The number of carbonyl (C=O) groups excluding carboxylic acids is 1. The molecule has 0 aliphatic rings. The number of ketones is 1. The van der Waals surface area contributed by atoms with Gasteiger partial charge in [-0.05, 0) is 48.9 Å². The van der Waals surface area contributed by atoms with Gasteiger partial charge in [-0.1, -0.05) is 27.5 Å². The van der Waals surface area contributed by atoms with Crippen molar-refractivity contribution in [1.82, 2.24) is 0 Å². The zero-order valence-corrected chi connectivity index (χ0v) is 12.0. The molecule has 18 heavy (non-hydrogen) atoms. The van der Waals surface area contributed by atoms with Gasteiger partial charge < -0.3 is 5.73 Å². The van der Waals surface area contributed by atoms with E-state index in [0.717, 1.165) is 10.0 Å². The van der Waals surface area contributed by atoms with Crippen molar-refractivity contribution in [2.75, 3.05) is 5.73 Å². The molecule has 2 nitrogen and oxygen atoms in total. The second kappa shape index (κ2) is 5.12. The molecule has 0 saturated heterocycles. The van der Waals surface area contributed by atoms with E-state index in [2.05, 4.69) is 15.9 Å². The highest BCUT2D eigenvalue weighted by molar-refractivity contribution is 9.10. The third-order valence-electron chi connectivity index (χ3n) is 2.67. The van der Waals surface area contributed by atoms with Crippen LogP contribution >= 0.6 is 27.5 Å². The molecule has 0 fully saturated rings. The minimum absolute atomic E-state index is 0.0677. The Balaban J connectivity index is 2.51. The third-order valence-corrected chi connectivity index (χ3v) is 3.59. The van der Waals surface area contributed by atoms with Gasteiger partial charge in [0, 0.05) is 26.3 Å². The van der Waals surface area contributed by atoms with Crippen LogP contribution in [0.1, 0.15) is 21.5 Å². The predicted molar refractivity (Wildman–Crippen MR) is 78.2 cm³/mol. The van der Waals surface area contributed by atoms with Crippen LogP contribution in [0.4, 0.5) is 5.69 Å². The largest absolute Gasteiger partial charge is 0.399 e. The molecular formula is C14H11BrClNO. The average Bonchev–Trinajstić information content (AvgIpc) is 2.31. The highest BCUT2D eigenvalue weighted by atomic mass is 79.9. The first-order valence-corrected chi connectivity index (χ1v) is 6.52. The highest BCUT2D eigenvalue weighted by Gasteiger charge is 2.15. The molecule has 0 aromatic heterocycles. The fourth-order valence-corrected chi connectivity index (χ4v) is 2.36. The van der Waals surface area contributed by atoms with Gasteiger partial charge in [-0.15, -0.1) is 0 Å². The van der Waals surface area contributed by atoms with Gasteiger partial charge in [0.2, 0.25) is 0 Å². The molecule has 0 heterocycles. The van der Waals surface area contributed by atoms with Crippen molar-refractivity contribution in [3.05, 3.63) is 62.6 Å². The minimum atomic E-state index is -0.0677. The van der Waals surface area contributed by atoms with Crippen LogP contribution in [0, 0.1) is 6.92 Å². The van der Waals surface area contributed by atoms with Crippen LogP contribution in [0.15, 0.2) is 40.9 Å². The normalized spacial score (nSPS) is 10.4. The van der Waals surface area contributed by atoms with E-state index in [9.17, 15) is 4.79 Å². The average molecular weight is 325 g/mol. The molecule has 2 rings (SSSR count). The Morgan fingerprint density at radius 3 is 2.56 bits per heavy atom. The molecule has 2 aromatic carbocycles. The molecule has 0 spiro atoms. The number of halogens is 2. The lowest BCUT2D eigenvalue weighted by Gasteiger charge is -2.08. The Morgan fingerprint density at radius 1 is 1.17 bits per heavy atom.